The molecular formula is C19H16N2O6. The molecule has 27 heavy (non-hydrogen) atoms. The molecule has 0 atom stereocenters. The van der Waals surface area contributed by atoms with Gasteiger partial charge in [0, 0.05) is 11.6 Å². The minimum atomic E-state index is -0.637. The Morgan fingerprint density at radius 3 is 2.48 bits per heavy atom. The molecule has 8 heteroatoms. The van der Waals surface area contributed by atoms with Gasteiger partial charge in [-0.15, -0.1) is 0 Å². The van der Waals surface area contributed by atoms with Crippen molar-refractivity contribution in [1.82, 2.24) is 5.43 Å². The number of hydrazine groups is 1. The predicted octanol–water partition coefficient (Wildman–Crippen LogP) is 1.74. The monoisotopic (exact) mass is 368 g/mol. The van der Waals surface area contributed by atoms with Crippen molar-refractivity contribution in [3.63, 3.8) is 0 Å². The Labute approximate surface area is 154 Å². The first kappa shape index (κ1) is 18.0. The summed E-state index contributed by atoms with van der Waals surface area (Å²) in [5.41, 5.74) is 3.15. The molecule has 3 rings (SSSR count). The number of carbonyl (C=O) groups is 3. The maximum atomic E-state index is 12.6. The van der Waals surface area contributed by atoms with Crippen molar-refractivity contribution in [2.24, 2.45) is 0 Å². The highest BCUT2D eigenvalue weighted by Gasteiger charge is 2.34. The summed E-state index contributed by atoms with van der Waals surface area (Å²) in [7, 11) is 0. The molecule has 1 heterocycles. The fraction of sp³-hybridized carbons (Fsp3) is 0.105. The lowest BCUT2D eigenvalue weighted by Crippen LogP contribution is -2.35. The summed E-state index contributed by atoms with van der Waals surface area (Å²) in [6, 6.07) is 9.80. The van der Waals surface area contributed by atoms with Crippen molar-refractivity contribution >= 4 is 29.5 Å². The molecular weight excluding hydrogens is 352 g/mol. The average molecular weight is 368 g/mol. The fourth-order valence-electron chi connectivity index (χ4n) is 2.51. The standard InChI is InChI=1S/C19H16N2O6/c1-2-27-19(26)11-3-6-13(7-4-11)21-18(25)15(17(24)20-21)9-12-5-8-14(22)10-16(12)23/h3-10,22-23H,2H2,1H3,(H,20,24)/b15-9-. The van der Waals surface area contributed by atoms with Gasteiger partial charge in [0.05, 0.1) is 17.9 Å². The van der Waals surface area contributed by atoms with Gasteiger partial charge in [-0.25, -0.2) is 9.80 Å². The number of amides is 2. The van der Waals surface area contributed by atoms with Gasteiger partial charge in [0.2, 0.25) is 0 Å². The Morgan fingerprint density at radius 2 is 1.85 bits per heavy atom. The molecule has 0 unspecified atom stereocenters. The van der Waals surface area contributed by atoms with Crippen LogP contribution in [-0.2, 0) is 14.3 Å². The van der Waals surface area contributed by atoms with Gasteiger partial charge in [0.25, 0.3) is 11.8 Å². The van der Waals surface area contributed by atoms with E-state index in [0.717, 1.165) is 11.1 Å². The zero-order chi connectivity index (χ0) is 19.6. The number of phenols is 2. The van der Waals surface area contributed by atoms with Crippen LogP contribution < -0.4 is 10.4 Å². The van der Waals surface area contributed by atoms with Gasteiger partial charge in [-0.3, -0.25) is 15.0 Å². The zero-order valence-corrected chi connectivity index (χ0v) is 14.3. The van der Waals surface area contributed by atoms with E-state index in [9.17, 15) is 24.6 Å². The maximum Gasteiger partial charge on any atom is 0.338 e. The van der Waals surface area contributed by atoms with E-state index in [4.69, 9.17) is 4.74 Å². The SMILES string of the molecule is CCOC(=O)c1ccc(N2NC(=O)/C(=C/c3ccc(O)cc3O)C2=O)cc1. The number of carbonyl (C=O) groups excluding carboxylic acids is 3. The van der Waals surface area contributed by atoms with Gasteiger partial charge < -0.3 is 14.9 Å². The van der Waals surface area contributed by atoms with Crippen molar-refractivity contribution in [3.05, 3.63) is 59.2 Å². The first-order chi connectivity index (χ1) is 12.9. The summed E-state index contributed by atoms with van der Waals surface area (Å²) in [5, 5.41) is 20.2. The van der Waals surface area contributed by atoms with Crippen LogP contribution in [0.2, 0.25) is 0 Å². The van der Waals surface area contributed by atoms with Gasteiger partial charge in [0.15, 0.2) is 0 Å². The van der Waals surface area contributed by atoms with Gasteiger partial charge >= 0.3 is 5.97 Å². The van der Waals surface area contributed by atoms with Gasteiger partial charge in [-0.1, -0.05) is 0 Å². The molecule has 2 aromatic rings. The minimum Gasteiger partial charge on any atom is -0.508 e. The summed E-state index contributed by atoms with van der Waals surface area (Å²) in [4.78, 5) is 36.4. The van der Waals surface area contributed by atoms with Crippen LogP contribution in [0.3, 0.4) is 0 Å². The number of hydrogen-bond donors (Lipinski definition) is 3. The topological polar surface area (TPSA) is 116 Å². The van der Waals surface area contributed by atoms with E-state index in [1.807, 2.05) is 0 Å². The molecule has 0 radical (unpaired) electrons. The number of hydrogen-bond acceptors (Lipinski definition) is 6. The van der Waals surface area contributed by atoms with E-state index in [0.29, 0.717) is 11.3 Å². The highest BCUT2D eigenvalue weighted by atomic mass is 16.5. The summed E-state index contributed by atoms with van der Waals surface area (Å²) in [6.45, 7) is 1.95. The molecule has 1 fully saturated rings. The molecule has 8 nitrogen and oxygen atoms in total. The number of phenolic OH excluding ortho intramolecular Hbond substituents is 2. The fourth-order valence-corrected chi connectivity index (χ4v) is 2.51. The first-order valence-corrected chi connectivity index (χ1v) is 8.07. The smallest absolute Gasteiger partial charge is 0.338 e. The maximum absolute atomic E-state index is 12.6. The number of nitrogens with zero attached hydrogens (tertiary/aromatic N) is 1. The summed E-state index contributed by atoms with van der Waals surface area (Å²) in [6.07, 6.45) is 1.24. The first-order valence-electron chi connectivity index (χ1n) is 8.07. The predicted molar refractivity (Wildman–Crippen MR) is 95.8 cm³/mol. The van der Waals surface area contributed by atoms with Gasteiger partial charge in [-0.05, 0) is 49.4 Å². The highest BCUT2D eigenvalue weighted by Crippen LogP contribution is 2.27. The van der Waals surface area contributed by atoms with Crippen molar-refractivity contribution in [2.75, 3.05) is 11.6 Å². The number of esters is 1. The average Bonchev–Trinajstić information content (AvgIpc) is 2.92. The number of benzene rings is 2. The molecule has 0 aliphatic carbocycles. The van der Waals surface area contributed by atoms with Crippen molar-refractivity contribution in [1.29, 1.82) is 0 Å². The molecule has 1 aliphatic rings. The van der Waals surface area contributed by atoms with E-state index in [2.05, 4.69) is 5.43 Å². The normalized spacial score (nSPS) is 15.1. The molecule has 0 spiro atoms. The highest BCUT2D eigenvalue weighted by molar-refractivity contribution is 6.31. The van der Waals surface area contributed by atoms with Crippen LogP contribution >= 0.6 is 0 Å². The van der Waals surface area contributed by atoms with Crippen LogP contribution in [0.1, 0.15) is 22.8 Å². The van der Waals surface area contributed by atoms with Crippen LogP contribution in [-0.4, -0.2) is 34.6 Å². The van der Waals surface area contributed by atoms with Crippen LogP contribution in [0.25, 0.3) is 6.08 Å². The Kier molecular flexibility index (Phi) is 4.80. The number of ether oxygens (including phenoxy) is 1. The molecule has 0 bridgehead atoms. The minimum absolute atomic E-state index is 0.139. The molecule has 0 aromatic heterocycles. The van der Waals surface area contributed by atoms with Crippen molar-refractivity contribution < 1.29 is 29.3 Å². The third-order valence-corrected chi connectivity index (χ3v) is 3.84. The molecule has 3 N–H and O–H groups in total. The Morgan fingerprint density at radius 1 is 1.15 bits per heavy atom. The lowest BCUT2D eigenvalue weighted by molar-refractivity contribution is -0.117. The molecule has 1 aliphatic heterocycles. The van der Waals surface area contributed by atoms with Gasteiger partial charge in [-0.2, -0.15) is 0 Å². The molecule has 138 valence electrons. The Balaban J connectivity index is 1.85. The van der Waals surface area contributed by atoms with Crippen LogP contribution in [0.5, 0.6) is 11.5 Å². The van der Waals surface area contributed by atoms with E-state index in [1.165, 1.54) is 42.5 Å². The van der Waals surface area contributed by atoms with Gasteiger partial charge in [0.1, 0.15) is 17.1 Å². The second kappa shape index (κ2) is 7.20. The quantitative estimate of drug-likeness (QED) is 0.430. The summed E-state index contributed by atoms with van der Waals surface area (Å²) in [5.74, 6) is -2.14. The van der Waals surface area contributed by atoms with Crippen LogP contribution in [0.4, 0.5) is 5.69 Å². The van der Waals surface area contributed by atoms with E-state index >= 15 is 0 Å². The van der Waals surface area contributed by atoms with Crippen LogP contribution in [0, 0.1) is 0 Å². The van der Waals surface area contributed by atoms with Crippen molar-refractivity contribution in [2.45, 2.75) is 6.92 Å². The lowest BCUT2D eigenvalue weighted by atomic mass is 10.1. The molecule has 1 saturated heterocycles. The van der Waals surface area contributed by atoms with E-state index < -0.39 is 17.8 Å². The Bertz CT molecular complexity index is 949. The second-order valence-electron chi connectivity index (χ2n) is 5.65. The van der Waals surface area contributed by atoms with Crippen molar-refractivity contribution in [3.8, 4) is 11.5 Å². The van der Waals surface area contributed by atoms with E-state index in [-0.39, 0.29) is 29.2 Å². The third kappa shape index (κ3) is 3.59. The Hall–Kier alpha value is -3.81. The number of aromatic hydroxyl groups is 2. The number of rotatable bonds is 4. The summed E-state index contributed by atoms with van der Waals surface area (Å²) < 4.78 is 4.89. The molecule has 2 amide bonds. The zero-order valence-electron chi connectivity index (χ0n) is 14.3. The molecule has 0 saturated carbocycles. The number of nitrogens with one attached hydrogen (secondary N) is 1. The largest absolute Gasteiger partial charge is 0.508 e. The lowest BCUT2D eigenvalue weighted by Gasteiger charge is -2.14. The summed E-state index contributed by atoms with van der Waals surface area (Å²) >= 11 is 0. The van der Waals surface area contributed by atoms with Crippen LogP contribution in [0.15, 0.2) is 48.0 Å². The molecule has 2 aromatic carbocycles. The second-order valence-corrected chi connectivity index (χ2v) is 5.65. The number of anilines is 1. The third-order valence-electron chi connectivity index (χ3n) is 3.84. The van der Waals surface area contributed by atoms with E-state index in [1.54, 1.807) is 6.92 Å².